The molecule has 2 amide bonds. The molecule has 118 valence electrons. The van der Waals surface area contributed by atoms with Crippen molar-refractivity contribution in [1.82, 2.24) is 15.3 Å². The van der Waals surface area contributed by atoms with Gasteiger partial charge < -0.3 is 20.4 Å². The van der Waals surface area contributed by atoms with Crippen molar-refractivity contribution in [2.45, 2.75) is 38.7 Å². The number of aromatic nitrogens is 2. The summed E-state index contributed by atoms with van der Waals surface area (Å²) in [5, 5.41) is 5.69. The number of ether oxygens (including phenoxy) is 1. The fraction of sp³-hybridized carbons (Fsp3) is 0.500. The van der Waals surface area contributed by atoms with Gasteiger partial charge in [-0.1, -0.05) is 13.8 Å². The first-order chi connectivity index (χ1) is 10.6. The molecule has 0 saturated carbocycles. The Bertz CT molecular complexity index is 659. The molecule has 1 aliphatic rings. The second kappa shape index (κ2) is 6.36. The molecule has 1 fully saturated rings. The lowest BCUT2D eigenvalue weighted by atomic mass is 10.2. The van der Waals surface area contributed by atoms with Crippen LogP contribution in [0.25, 0.3) is 11.0 Å². The highest BCUT2D eigenvalue weighted by atomic mass is 16.5. The third kappa shape index (κ3) is 3.39. The van der Waals surface area contributed by atoms with Crippen molar-refractivity contribution in [3.05, 3.63) is 24.0 Å². The molecule has 2 aromatic rings. The van der Waals surface area contributed by atoms with E-state index in [-0.39, 0.29) is 12.1 Å². The zero-order valence-electron chi connectivity index (χ0n) is 13.0. The molecule has 22 heavy (non-hydrogen) atoms. The number of benzene rings is 1. The van der Waals surface area contributed by atoms with Crippen LogP contribution in [-0.2, 0) is 4.74 Å². The third-order valence-electron chi connectivity index (χ3n) is 3.82. The van der Waals surface area contributed by atoms with E-state index in [1.165, 1.54) is 0 Å². The van der Waals surface area contributed by atoms with Gasteiger partial charge in [0, 0.05) is 24.8 Å². The predicted molar refractivity (Wildman–Crippen MR) is 86.2 cm³/mol. The lowest BCUT2D eigenvalue weighted by Crippen LogP contribution is -2.35. The summed E-state index contributed by atoms with van der Waals surface area (Å²) in [6.07, 6.45) is 2.23. The van der Waals surface area contributed by atoms with E-state index >= 15 is 0 Å². The number of carbonyl (C=O) groups is 1. The van der Waals surface area contributed by atoms with Crippen molar-refractivity contribution in [3.8, 4) is 0 Å². The Balaban J connectivity index is 1.61. The predicted octanol–water partition coefficient (Wildman–Crippen LogP) is 2.99. The number of H-pyrrole nitrogens is 1. The summed E-state index contributed by atoms with van der Waals surface area (Å²) in [5.74, 6) is 1.30. The number of hydrogen-bond donors (Lipinski definition) is 3. The van der Waals surface area contributed by atoms with E-state index in [9.17, 15) is 4.79 Å². The summed E-state index contributed by atoms with van der Waals surface area (Å²) in [5.41, 5.74) is 2.59. The number of urea groups is 1. The summed E-state index contributed by atoms with van der Waals surface area (Å²) in [7, 11) is 0. The van der Waals surface area contributed by atoms with E-state index in [1.807, 2.05) is 18.2 Å². The Hall–Kier alpha value is -2.08. The first-order valence-electron chi connectivity index (χ1n) is 7.78. The number of hydrogen-bond acceptors (Lipinski definition) is 3. The van der Waals surface area contributed by atoms with Gasteiger partial charge in [-0.25, -0.2) is 9.78 Å². The summed E-state index contributed by atoms with van der Waals surface area (Å²) >= 11 is 0. The molecule has 1 saturated heterocycles. The van der Waals surface area contributed by atoms with Crippen LogP contribution in [0.2, 0.25) is 0 Å². The van der Waals surface area contributed by atoms with E-state index < -0.39 is 0 Å². The summed E-state index contributed by atoms with van der Waals surface area (Å²) in [6.45, 7) is 5.53. The van der Waals surface area contributed by atoms with Crippen LogP contribution in [0, 0.1) is 0 Å². The maximum atomic E-state index is 11.9. The fourth-order valence-electron chi connectivity index (χ4n) is 2.57. The molecule has 3 rings (SSSR count). The Labute approximate surface area is 129 Å². The van der Waals surface area contributed by atoms with Gasteiger partial charge in [-0.3, -0.25) is 0 Å². The highest BCUT2D eigenvalue weighted by molar-refractivity contribution is 5.91. The minimum atomic E-state index is -0.210. The number of nitrogens with zero attached hydrogens (tertiary/aromatic N) is 1. The van der Waals surface area contributed by atoms with Crippen LogP contribution < -0.4 is 10.6 Å². The van der Waals surface area contributed by atoms with Crippen LogP contribution in [0.15, 0.2) is 18.2 Å². The first-order valence-corrected chi connectivity index (χ1v) is 7.78. The van der Waals surface area contributed by atoms with Gasteiger partial charge in [0.2, 0.25) is 0 Å². The maximum Gasteiger partial charge on any atom is 0.319 e. The molecule has 1 unspecified atom stereocenters. The summed E-state index contributed by atoms with van der Waals surface area (Å²) in [4.78, 5) is 19.7. The third-order valence-corrected chi connectivity index (χ3v) is 3.82. The molecule has 1 atom stereocenters. The lowest BCUT2D eigenvalue weighted by molar-refractivity contribution is 0.112. The molecule has 6 nitrogen and oxygen atoms in total. The van der Waals surface area contributed by atoms with E-state index in [2.05, 4.69) is 34.4 Å². The normalized spacial score (nSPS) is 18.0. The number of carbonyl (C=O) groups excluding carboxylic acids is 1. The largest absolute Gasteiger partial charge is 0.376 e. The van der Waals surface area contributed by atoms with Crippen LogP contribution in [-0.4, -0.2) is 35.3 Å². The van der Waals surface area contributed by atoms with Crippen molar-refractivity contribution in [1.29, 1.82) is 0 Å². The molecule has 0 radical (unpaired) electrons. The minimum Gasteiger partial charge on any atom is -0.376 e. The standard InChI is InChI=1S/C16H22N4O2/c1-10(2)15-19-13-6-5-11(8-14(13)20-15)18-16(21)17-9-12-4-3-7-22-12/h5-6,8,10,12H,3-4,7,9H2,1-2H3,(H,19,20)(H2,17,18,21). The fourth-order valence-corrected chi connectivity index (χ4v) is 2.57. The quantitative estimate of drug-likeness (QED) is 0.812. The number of aromatic amines is 1. The second-order valence-electron chi connectivity index (χ2n) is 5.98. The number of imidazole rings is 1. The van der Waals surface area contributed by atoms with Crippen molar-refractivity contribution >= 4 is 22.8 Å². The Morgan fingerprint density at radius 1 is 1.50 bits per heavy atom. The van der Waals surface area contributed by atoms with Gasteiger partial charge in [-0.15, -0.1) is 0 Å². The molecule has 1 aliphatic heterocycles. The van der Waals surface area contributed by atoms with Gasteiger partial charge in [0.05, 0.1) is 17.1 Å². The molecule has 0 spiro atoms. The number of fused-ring (bicyclic) bond motifs is 1. The van der Waals surface area contributed by atoms with Crippen molar-refractivity contribution in [2.75, 3.05) is 18.5 Å². The van der Waals surface area contributed by atoms with Crippen molar-refractivity contribution in [3.63, 3.8) is 0 Å². The van der Waals surface area contributed by atoms with Crippen molar-refractivity contribution < 1.29 is 9.53 Å². The Morgan fingerprint density at radius 3 is 3.09 bits per heavy atom. The highest BCUT2D eigenvalue weighted by Gasteiger charge is 2.16. The second-order valence-corrected chi connectivity index (χ2v) is 5.98. The first kappa shape index (κ1) is 14.8. The van der Waals surface area contributed by atoms with Gasteiger partial charge in [-0.05, 0) is 31.0 Å². The molecule has 0 aliphatic carbocycles. The average molecular weight is 302 g/mol. The molecule has 1 aromatic heterocycles. The summed E-state index contributed by atoms with van der Waals surface area (Å²) in [6, 6.07) is 5.46. The number of anilines is 1. The van der Waals surface area contributed by atoms with Crippen LogP contribution in [0.4, 0.5) is 10.5 Å². The monoisotopic (exact) mass is 302 g/mol. The molecular formula is C16H22N4O2. The topological polar surface area (TPSA) is 79.0 Å². The van der Waals surface area contributed by atoms with Gasteiger partial charge >= 0.3 is 6.03 Å². The lowest BCUT2D eigenvalue weighted by Gasteiger charge is -2.11. The van der Waals surface area contributed by atoms with E-state index in [0.29, 0.717) is 12.5 Å². The summed E-state index contributed by atoms with van der Waals surface area (Å²) < 4.78 is 5.48. The van der Waals surface area contributed by atoms with Crippen LogP contribution in [0.1, 0.15) is 38.4 Å². The zero-order valence-corrected chi connectivity index (χ0v) is 13.0. The van der Waals surface area contributed by atoms with Gasteiger partial charge in [-0.2, -0.15) is 0 Å². The molecular weight excluding hydrogens is 280 g/mol. The maximum absolute atomic E-state index is 11.9. The average Bonchev–Trinajstić information content (AvgIpc) is 3.14. The van der Waals surface area contributed by atoms with Gasteiger partial charge in [0.25, 0.3) is 0 Å². The Morgan fingerprint density at radius 2 is 2.36 bits per heavy atom. The number of nitrogens with one attached hydrogen (secondary N) is 3. The van der Waals surface area contributed by atoms with E-state index in [0.717, 1.165) is 42.0 Å². The molecule has 6 heteroatoms. The molecule has 0 bridgehead atoms. The van der Waals surface area contributed by atoms with Crippen molar-refractivity contribution in [2.24, 2.45) is 0 Å². The van der Waals surface area contributed by atoms with Crippen LogP contribution >= 0.6 is 0 Å². The molecule has 1 aromatic carbocycles. The Kier molecular flexibility index (Phi) is 4.29. The highest BCUT2D eigenvalue weighted by Crippen LogP contribution is 2.20. The number of amides is 2. The van der Waals surface area contributed by atoms with Gasteiger partial charge in [0.15, 0.2) is 0 Å². The van der Waals surface area contributed by atoms with E-state index in [4.69, 9.17) is 4.74 Å². The molecule has 2 heterocycles. The van der Waals surface area contributed by atoms with Crippen LogP contribution in [0.3, 0.4) is 0 Å². The zero-order chi connectivity index (χ0) is 15.5. The number of rotatable bonds is 4. The van der Waals surface area contributed by atoms with E-state index in [1.54, 1.807) is 0 Å². The SMILES string of the molecule is CC(C)c1nc2ccc(NC(=O)NCC3CCCO3)cc2[nH]1. The molecule has 3 N–H and O–H groups in total. The minimum absolute atomic E-state index is 0.148. The van der Waals surface area contributed by atoms with Gasteiger partial charge in [0.1, 0.15) is 5.82 Å². The smallest absolute Gasteiger partial charge is 0.319 e. The van der Waals surface area contributed by atoms with Crippen LogP contribution in [0.5, 0.6) is 0 Å².